The lowest BCUT2D eigenvalue weighted by atomic mass is 9.99. The molecule has 2 aromatic rings. The smallest absolute Gasteiger partial charge is 0.123 e. The Hall–Kier alpha value is -2.13. The van der Waals surface area contributed by atoms with Crippen LogP contribution in [0.25, 0.3) is 0 Å². The van der Waals surface area contributed by atoms with Gasteiger partial charge in [-0.15, -0.1) is 0 Å². The third-order valence-corrected chi connectivity index (χ3v) is 2.83. The minimum absolute atomic E-state index is 0.147. The molecule has 3 heteroatoms. The van der Waals surface area contributed by atoms with Crippen LogP contribution >= 0.6 is 0 Å². The molecule has 0 amide bonds. The van der Waals surface area contributed by atoms with Gasteiger partial charge in [-0.3, -0.25) is 5.41 Å². The summed E-state index contributed by atoms with van der Waals surface area (Å²) in [6.07, 6.45) is 1.89. The molecule has 3 nitrogen and oxygen atoms in total. The van der Waals surface area contributed by atoms with E-state index in [1.807, 2.05) is 42.5 Å². The first-order valence-electron chi connectivity index (χ1n) is 6.31. The van der Waals surface area contributed by atoms with Crippen LogP contribution in [-0.2, 0) is 12.8 Å². The summed E-state index contributed by atoms with van der Waals surface area (Å²) in [4.78, 5) is 0. The number of amidine groups is 1. The Morgan fingerprint density at radius 1 is 0.895 bits per heavy atom. The molecule has 0 bridgehead atoms. The van der Waals surface area contributed by atoms with Crippen LogP contribution in [-0.4, -0.2) is 12.9 Å². The summed E-state index contributed by atoms with van der Waals surface area (Å²) >= 11 is 0. The zero-order valence-corrected chi connectivity index (χ0v) is 11.3. The summed E-state index contributed by atoms with van der Waals surface area (Å²) < 4.78 is 0. The lowest BCUT2D eigenvalue weighted by Crippen LogP contribution is -2.14. The van der Waals surface area contributed by atoms with Gasteiger partial charge in [-0.25, -0.2) is 0 Å². The second-order valence-corrected chi connectivity index (χ2v) is 4.06. The molecule has 0 heterocycles. The Balaban J connectivity index is 0.000000861. The highest BCUT2D eigenvalue weighted by atomic mass is 14.7. The molecule has 0 atom stereocenters. The maximum atomic E-state index is 7.54. The number of benzene rings is 2. The van der Waals surface area contributed by atoms with Crippen LogP contribution in [0.3, 0.4) is 0 Å². The van der Waals surface area contributed by atoms with Gasteiger partial charge >= 0.3 is 0 Å². The molecule has 0 unspecified atom stereocenters. The zero-order valence-electron chi connectivity index (χ0n) is 11.3. The fourth-order valence-corrected chi connectivity index (χ4v) is 1.92. The maximum Gasteiger partial charge on any atom is 0.123 e. The molecule has 2 aromatic carbocycles. The van der Waals surface area contributed by atoms with Crippen LogP contribution in [0.2, 0.25) is 0 Å². The van der Waals surface area contributed by atoms with Gasteiger partial charge in [0.25, 0.3) is 0 Å². The van der Waals surface area contributed by atoms with E-state index < -0.39 is 0 Å². The lowest BCUT2D eigenvalue weighted by Gasteiger charge is -2.07. The first-order chi connectivity index (χ1) is 9.27. The van der Waals surface area contributed by atoms with E-state index in [4.69, 9.17) is 11.1 Å². The average Bonchev–Trinajstić information content (AvgIpc) is 2.48. The van der Waals surface area contributed by atoms with Gasteiger partial charge in [0.05, 0.1) is 0 Å². The lowest BCUT2D eigenvalue weighted by molar-refractivity contribution is 0.956. The fraction of sp³-hybridized carbons (Fsp3) is 0.188. The zero-order chi connectivity index (χ0) is 14.1. The molecular formula is C16H21N3. The predicted molar refractivity (Wildman–Crippen MR) is 81.4 cm³/mol. The van der Waals surface area contributed by atoms with Gasteiger partial charge in [-0.05, 0) is 31.0 Å². The van der Waals surface area contributed by atoms with Crippen molar-refractivity contribution in [3.8, 4) is 0 Å². The van der Waals surface area contributed by atoms with Gasteiger partial charge in [-0.1, -0.05) is 54.6 Å². The summed E-state index contributed by atoms with van der Waals surface area (Å²) in [5.74, 6) is 0.147. The van der Waals surface area contributed by atoms with Crippen LogP contribution in [0, 0.1) is 5.41 Å². The van der Waals surface area contributed by atoms with E-state index >= 15 is 0 Å². The van der Waals surface area contributed by atoms with Gasteiger partial charge in [0, 0.05) is 5.56 Å². The van der Waals surface area contributed by atoms with E-state index in [1.165, 1.54) is 12.6 Å². The third kappa shape index (κ3) is 4.56. The van der Waals surface area contributed by atoms with Crippen LogP contribution in [0.15, 0.2) is 54.6 Å². The van der Waals surface area contributed by atoms with Crippen molar-refractivity contribution in [1.29, 1.82) is 5.41 Å². The molecule has 0 saturated carbocycles. The fourth-order valence-electron chi connectivity index (χ4n) is 1.92. The van der Waals surface area contributed by atoms with Gasteiger partial charge in [-0.2, -0.15) is 0 Å². The molecular weight excluding hydrogens is 234 g/mol. The van der Waals surface area contributed by atoms with E-state index in [0.29, 0.717) is 0 Å². The van der Waals surface area contributed by atoms with Crippen LogP contribution in [0.4, 0.5) is 0 Å². The molecule has 0 fully saturated rings. The number of hydrogen-bond acceptors (Lipinski definition) is 2. The highest BCUT2D eigenvalue weighted by molar-refractivity contribution is 5.96. The Morgan fingerprint density at radius 2 is 1.47 bits per heavy atom. The van der Waals surface area contributed by atoms with Crippen molar-refractivity contribution in [3.63, 3.8) is 0 Å². The van der Waals surface area contributed by atoms with Crippen molar-refractivity contribution in [3.05, 3.63) is 71.3 Å². The third-order valence-electron chi connectivity index (χ3n) is 2.83. The van der Waals surface area contributed by atoms with E-state index in [9.17, 15) is 0 Å². The predicted octanol–water partition coefficient (Wildman–Crippen LogP) is 2.33. The molecule has 0 aliphatic carbocycles. The van der Waals surface area contributed by atoms with Crippen molar-refractivity contribution in [2.24, 2.45) is 11.5 Å². The van der Waals surface area contributed by atoms with E-state index in [1.54, 1.807) is 0 Å². The summed E-state index contributed by atoms with van der Waals surface area (Å²) in [5, 5.41) is 7.54. The Bertz CT molecular complexity index is 506. The first-order valence-corrected chi connectivity index (χ1v) is 6.31. The first kappa shape index (κ1) is 14.9. The number of rotatable bonds is 4. The summed E-state index contributed by atoms with van der Waals surface area (Å²) in [6.45, 7) is 0. The number of nitrogens with two attached hydrogens (primary N) is 2. The summed E-state index contributed by atoms with van der Waals surface area (Å²) in [7, 11) is 1.50. The normalized spacial score (nSPS) is 9.37. The van der Waals surface area contributed by atoms with Gasteiger partial charge in [0.15, 0.2) is 0 Å². The standard InChI is InChI=1S/C15H16N2.CH5N/c16-15(17)14-9-5-4-8-13(14)11-10-12-6-2-1-3-7-12;1-2/h1-9H,10-11H2,(H3,16,17);2H2,1H3. The quantitative estimate of drug-likeness (QED) is 0.579. The van der Waals surface area contributed by atoms with Crippen LogP contribution in [0.5, 0.6) is 0 Å². The van der Waals surface area contributed by atoms with Crippen molar-refractivity contribution >= 4 is 5.84 Å². The summed E-state index contributed by atoms with van der Waals surface area (Å²) in [5.41, 5.74) is 13.4. The van der Waals surface area contributed by atoms with Crippen LogP contribution in [0.1, 0.15) is 16.7 Å². The Labute approximate surface area is 114 Å². The second-order valence-electron chi connectivity index (χ2n) is 4.06. The highest BCUT2D eigenvalue weighted by Gasteiger charge is 2.04. The van der Waals surface area contributed by atoms with Crippen molar-refractivity contribution in [2.75, 3.05) is 7.05 Å². The topological polar surface area (TPSA) is 75.9 Å². The minimum atomic E-state index is 0.147. The Morgan fingerprint density at radius 3 is 2.11 bits per heavy atom. The van der Waals surface area contributed by atoms with Crippen molar-refractivity contribution < 1.29 is 0 Å². The molecule has 0 aliphatic heterocycles. The monoisotopic (exact) mass is 255 g/mol. The SMILES string of the molecule is CN.N=C(N)c1ccccc1CCc1ccccc1. The van der Waals surface area contributed by atoms with E-state index in [0.717, 1.165) is 24.0 Å². The van der Waals surface area contributed by atoms with E-state index in [-0.39, 0.29) is 5.84 Å². The second kappa shape index (κ2) is 8.06. The molecule has 0 radical (unpaired) electrons. The van der Waals surface area contributed by atoms with Gasteiger partial charge in [0.2, 0.25) is 0 Å². The highest BCUT2D eigenvalue weighted by Crippen LogP contribution is 2.12. The van der Waals surface area contributed by atoms with E-state index in [2.05, 4.69) is 17.9 Å². The van der Waals surface area contributed by atoms with Crippen LogP contribution < -0.4 is 11.5 Å². The number of nitrogen functional groups attached to an aromatic ring is 1. The molecule has 2 rings (SSSR count). The molecule has 19 heavy (non-hydrogen) atoms. The minimum Gasteiger partial charge on any atom is -0.384 e. The largest absolute Gasteiger partial charge is 0.384 e. The molecule has 0 spiro atoms. The molecule has 5 N–H and O–H groups in total. The van der Waals surface area contributed by atoms with Gasteiger partial charge in [0.1, 0.15) is 5.84 Å². The number of aryl methyl sites for hydroxylation is 2. The van der Waals surface area contributed by atoms with Gasteiger partial charge < -0.3 is 11.5 Å². The maximum absolute atomic E-state index is 7.54. The van der Waals surface area contributed by atoms with Crippen molar-refractivity contribution in [1.82, 2.24) is 0 Å². The number of nitrogens with one attached hydrogen (secondary N) is 1. The Kier molecular flexibility index (Phi) is 6.33. The molecule has 0 saturated heterocycles. The number of hydrogen-bond donors (Lipinski definition) is 3. The molecule has 0 aromatic heterocycles. The molecule has 100 valence electrons. The molecule has 0 aliphatic rings. The van der Waals surface area contributed by atoms with Crippen molar-refractivity contribution in [2.45, 2.75) is 12.8 Å². The average molecular weight is 255 g/mol. The summed E-state index contributed by atoms with van der Waals surface area (Å²) in [6, 6.07) is 18.2.